The van der Waals surface area contributed by atoms with Crippen LogP contribution in [0.3, 0.4) is 0 Å². The fourth-order valence-corrected chi connectivity index (χ4v) is 1.59. The highest BCUT2D eigenvalue weighted by Crippen LogP contribution is 2.35. The highest BCUT2D eigenvalue weighted by Gasteiger charge is 2.43. The van der Waals surface area contributed by atoms with Crippen molar-refractivity contribution in [2.45, 2.75) is 32.3 Å². The number of halogens is 3. The molecule has 0 spiro atoms. The first kappa shape index (κ1) is 17.2. The van der Waals surface area contributed by atoms with Gasteiger partial charge < -0.3 is 9.84 Å². The molecule has 0 saturated carbocycles. The molecule has 21 heavy (non-hydrogen) atoms. The first-order chi connectivity index (χ1) is 9.43. The summed E-state index contributed by atoms with van der Waals surface area (Å²) in [6, 6.07) is 2.97. The first-order valence-corrected chi connectivity index (χ1v) is 6.22. The number of carbonyl (C=O) groups is 2. The largest absolute Gasteiger partial charge is 0.477 e. The average Bonchev–Trinajstić information content (AvgIpc) is 2.25. The Morgan fingerprint density at radius 2 is 1.86 bits per heavy atom. The van der Waals surface area contributed by atoms with Gasteiger partial charge in [-0.25, -0.2) is 9.59 Å². The maximum Gasteiger partial charge on any atom is 0.412 e. The van der Waals surface area contributed by atoms with Gasteiger partial charge in [-0.15, -0.1) is 0 Å². The minimum Gasteiger partial charge on any atom is -0.477 e. The maximum atomic E-state index is 13.6. The van der Waals surface area contributed by atoms with Gasteiger partial charge in [-0.1, -0.05) is 11.6 Å². The Labute approximate surface area is 124 Å². The van der Waals surface area contributed by atoms with Crippen LogP contribution in [-0.2, 0) is 15.5 Å². The number of ether oxygens (including phenoxy) is 1. The number of hydrogen-bond acceptors (Lipinski definition) is 3. The summed E-state index contributed by atoms with van der Waals surface area (Å²) in [5.74, 6) is -6.51. The maximum absolute atomic E-state index is 13.6. The second-order valence-electron chi connectivity index (χ2n) is 5.20. The number of amides is 1. The van der Waals surface area contributed by atoms with Crippen molar-refractivity contribution in [1.29, 1.82) is 0 Å². The molecular weight excluding hydrogens is 308 g/mol. The van der Waals surface area contributed by atoms with E-state index in [-0.39, 0.29) is 5.02 Å². The minimum absolute atomic E-state index is 0.0611. The van der Waals surface area contributed by atoms with Gasteiger partial charge in [0, 0.05) is 5.02 Å². The number of benzene rings is 1. The van der Waals surface area contributed by atoms with Crippen LogP contribution in [-0.4, -0.2) is 22.8 Å². The second kappa shape index (κ2) is 5.85. The fraction of sp³-hybridized carbons (Fsp3) is 0.385. The zero-order chi connectivity index (χ0) is 16.4. The van der Waals surface area contributed by atoms with Gasteiger partial charge in [0.2, 0.25) is 0 Å². The van der Waals surface area contributed by atoms with Gasteiger partial charge in [0.1, 0.15) is 5.60 Å². The molecule has 8 heteroatoms. The second-order valence-corrected chi connectivity index (χ2v) is 5.63. The van der Waals surface area contributed by atoms with E-state index in [1.165, 1.54) is 0 Å². The number of hydrogen-bond donors (Lipinski definition) is 2. The molecule has 1 aromatic carbocycles. The fourth-order valence-electron chi connectivity index (χ4n) is 1.42. The van der Waals surface area contributed by atoms with E-state index in [4.69, 9.17) is 21.4 Å². The van der Waals surface area contributed by atoms with Crippen LogP contribution in [0.15, 0.2) is 18.2 Å². The van der Waals surface area contributed by atoms with Crippen LogP contribution in [0.1, 0.15) is 26.3 Å². The summed E-state index contributed by atoms with van der Waals surface area (Å²) in [6.45, 7) is 4.78. The van der Waals surface area contributed by atoms with Crippen molar-refractivity contribution in [3.05, 3.63) is 28.8 Å². The summed E-state index contributed by atoms with van der Waals surface area (Å²) in [6.07, 6.45) is -0.993. The van der Waals surface area contributed by atoms with Crippen LogP contribution in [0.25, 0.3) is 0 Å². The highest BCUT2D eigenvalue weighted by atomic mass is 35.5. The zero-order valence-corrected chi connectivity index (χ0v) is 12.3. The zero-order valence-electron chi connectivity index (χ0n) is 11.5. The Morgan fingerprint density at radius 3 is 2.33 bits per heavy atom. The lowest BCUT2D eigenvalue weighted by Crippen LogP contribution is -2.30. The molecule has 0 atom stereocenters. The van der Waals surface area contributed by atoms with E-state index >= 15 is 0 Å². The van der Waals surface area contributed by atoms with Gasteiger partial charge in [-0.2, -0.15) is 8.78 Å². The molecule has 0 aliphatic carbocycles. The monoisotopic (exact) mass is 321 g/mol. The van der Waals surface area contributed by atoms with E-state index in [0.29, 0.717) is 0 Å². The Bertz CT molecular complexity index is 570. The van der Waals surface area contributed by atoms with E-state index in [9.17, 15) is 18.4 Å². The quantitative estimate of drug-likeness (QED) is 0.886. The molecule has 0 saturated heterocycles. The van der Waals surface area contributed by atoms with Gasteiger partial charge in [-0.05, 0) is 39.0 Å². The molecule has 0 heterocycles. The molecule has 1 aromatic rings. The predicted octanol–water partition coefficient (Wildman–Crippen LogP) is 3.86. The molecule has 2 N–H and O–H groups in total. The average molecular weight is 322 g/mol. The van der Waals surface area contributed by atoms with Crippen molar-refractivity contribution in [1.82, 2.24) is 0 Å². The van der Waals surface area contributed by atoms with Crippen molar-refractivity contribution < 1.29 is 28.2 Å². The number of nitrogens with one attached hydrogen (secondary N) is 1. The molecule has 0 aromatic heterocycles. The number of aliphatic carboxylic acids is 1. The molecule has 1 amide bonds. The molecule has 0 aliphatic heterocycles. The molecule has 5 nitrogen and oxygen atoms in total. The Balaban J connectivity index is 3.15. The molecule has 0 radical (unpaired) electrons. The van der Waals surface area contributed by atoms with Gasteiger partial charge in [0.15, 0.2) is 0 Å². The summed E-state index contributed by atoms with van der Waals surface area (Å²) in [4.78, 5) is 22.3. The summed E-state index contributed by atoms with van der Waals surface area (Å²) in [5, 5.41) is 10.7. The molecule has 0 bridgehead atoms. The van der Waals surface area contributed by atoms with Crippen LogP contribution in [0, 0.1) is 0 Å². The summed E-state index contributed by atoms with van der Waals surface area (Å²) in [5.41, 5.74) is -2.15. The topological polar surface area (TPSA) is 75.6 Å². The van der Waals surface area contributed by atoms with Crippen molar-refractivity contribution in [2.75, 3.05) is 5.32 Å². The third-order valence-corrected chi connectivity index (χ3v) is 2.46. The highest BCUT2D eigenvalue weighted by molar-refractivity contribution is 6.31. The summed E-state index contributed by atoms with van der Waals surface area (Å²) < 4.78 is 32.2. The van der Waals surface area contributed by atoms with Gasteiger partial charge in [0.25, 0.3) is 0 Å². The van der Waals surface area contributed by atoms with Gasteiger partial charge >= 0.3 is 18.0 Å². The van der Waals surface area contributed by atoms with Crippen LogP contribution in [0.2, 0.25) is 5.02 Å². The summed E-state index contributed by atoms with van der Waals surface area (Å²) >= 11 is 5.68. The number of carboxylic acids is 1. The van der Waals surface area contributed by atoms with E-state index in [2.05, 4.69) is 5.32 Å². The van der Waals surface area contributed by atoms with Crippen LogP contribution in [0.4, 0.5) is 19.3 Å². The van der Waals surface area contributed by atoms with E-state index in [1.54, 1.807) is 20.8 Å². The van der Waals surface area contributed by atoms with Crippen LogP contribution >= 0.6 is 11.6 Å². The van der Waals surface area contributed by atoms with Crippen LogP contribution < -0.4 is 5.32 Å². The van der Waals surface area contributed by atoms with Crippen molar-refractivity contribution in [2.24, 2.45) is 0 Å². The number of rotatable bonds is 3. The number of alkyl halides is 2. The third-order valence-electron chi connectivity index (χ3n) is 2.22. The molecule has 1 rings (SSSR count). The Hall–Kier alpha value is -1.89. The van der Waals surface area contributed by atoms with E-state index in [0.717, 1.165) is 18.2 Å². The smallest absolute Gasteiger partial charge is 0.412 e. The van der Waals surface area contributed by atoms with Crippen molar-refractivity contribution in [3.63, 3.8) is 0 Å². The Morgan fingerprint density at radius 1 is 1.29 bits per heavy atom. The SMILES string of the molecule is CC(C)(C)OC(=O)Nc1cc(Cl)ccc1C(F)(F)C(=O)O. The van der Waals surface area contributed by atoms with Crippen molar-refractivity contribution in [3.8, 4) is 0 Å². The number of carboxylic acid groups (broad SMARTS) is 1. The number of carbonyl (C=O) groups excluding carboxylic acids is 1. The van der Waals surface area contributed by atoms with E-state index < -0.39 is 34.8 Å². The molecule has 0 fully saturated rings. The Kier molecular flexibility index (Phi) is 4.78. The first-order valence-electron chi connectivity index (χ1n) is 5.85. The van der Waals surface area contributed by atoms with Crippen LogP contribution in [0.5, 0.6) is 0 Å². The molecule has 0 unspecified atom stereocenters. The minimum atomic E-state index is -4.17. The van der Waals surface area contributed by atoms with Gasteiger partial charge in [0.05, 0.1) is 11.3 Å². The van der Waals surface area contributed by atoms with E-state index in [1.807, 2.05) is 0 Å². The van der Waals surface area contributed by atoms with Crippen molar-refractivity contribution >= 4 is 29.4 Å². The molecule has 0 aliphatic rings. The summed E-state index contributed by atoms with van der Waals surface area (Å²) in [7, 11) is 0. The third kappa shape index (κ3) is 4.56. The predicted molar refractivity (Wildman–Crippen MR) is 72.8 cm³/mol. The lowest BCUT2D eigenvalue weighted by atomic mass is 10.1. The molecular formula is C13H14ClF2NO4. The standard InChI is InChI=1S/C13H14ClF2NO4/c1-12(2,3)21-11(20)17-9-6-7(14)4-5-8(9)13(15,16)10(18)19/h4-6H,1-3H3,(H,17,20)(H,18,19). The normalized spacial score (nSPS) is 11.9. The lowest BCUT2D eigenvalue weighted by Gasteiger charge is -2.21. The van der Waals surface area contributed by atoms with Gasteiger partial charge in [-0.3, -0.25) is 5.32 Å². The number of anilines is 1. The lowest BCUT2D eigenvalue weighted by molar-refractivity contribution is -0.166. The molecule has 116 valence electrons.